The smallest absolute Gasteiger partial charge is 0.330 e. The summed E-state index contributed by atoms with van der Waals surface area (Å²) < 4.78 is 10.2. The Labute approximate surface area is 188 Å². The maximum Gasteiger partial charge on any atom is 0.330 e. The molecule has 0 aliphatic carbocycles. The van der Waals surface area contributed by atoms with Gasteiger partial charge in [0.15, 0.2) is 0 Å². The van der Waals surface area contributed by atoms with E-state index in [9.17, 15) is 9.59 Å². The van der Waals surface area contributed by atoms with Crippen molar-refractivity contribution in [3.63, 3.8) is 0 Å². The Hall–Kier alpha value is -3.86. The Morgan fingerprint density at radius 1 is 0.938 bits per heavy atom. The molecule has 0 atom stereocenters. The van der Waals surface area contributed by atoms with E-state index in [0.717, 1.165) is 22.6 Å². The van der Waals surface area contributed by atoms with Crippen molar-refractivity contribution in [3.8, 4) is 5.75 Å². The Balaban J connectivity index is 1.77. The van der Waals surface area contributed by atoms with Crippen molar-refractivity contribution < 1.29 is 19.1 Å². The second-order valence-corrected chi connectivity index (χ2v) is 7.10. The number of hydrogen-bond acceptors (Lipinski definition) is 4. The zero-order valence-corrected chi connectivity index (χ0v) is 18.4. The molecule has 0 saturated heterocycles. The Bertz CT molecular complexity index is 1060. The fraction of sp³-hybridized carbons (Fsp3) is 0.185. The molecule has 164 valence electrons. The summed E-state index contributed by atoms with van der Waals surface area (Å²) in [6, 6.07) is 24.7. The molecule has 3 aromatic rings. The normalized spacial score (nSPS) is 10.7. The highest BCUT2D eigenvalue weighted by molar-refractivity contribution is 6.06. The van der Waals surface area contributed by atoms with E-state index in [-0.39, 0.29) is 11.9 Å². The molecule has 0 aromatic heterocycles. The maximum atomic E-state index is 13.4. The zero-order chi connectivity index (χ0) is 22.8. The summed E-state index contributed by atoms with van der Waals surface area (Å²) >= 11 is 0. The minimum absolute atomic E-state index is 0.0833. The number of ether oxygens (including phenoxy) is 2. The van der Waals surface area contributed by atoms with Crippen LogP contribution in [0.25, 0.3) is 6.08 Å². The topological polar surface area (TPSA) is 55.8 Å². The summed E-state index contributed by atoms with van der Waals surface area (Å²) in [5, 5.41) is 0. The fourth-order valence-corrected chi connectivity index (χ4v) is 3.27. The summed E-state index contributed by atoms with van der Waals surface area (Å²) in [4.78, 5) is 26.6. The molecule has 0 N–H and O–H groups in total. The summed E-state index contributed by atoms with van der Waals surface area (Å²) in [6.07, 6.45) is 3.74. The van der Waals surface area contributed by atoms with E-state index in [2.05, 4.69) is 0 Å². The van der Waals surface area contributed by atoms with E-state index in [0.29, 0.717) is 25.1 Å². The van der Waals surface area contributed by atoms with Crippen molar-refractivity contribution in [1.29, 1.82) is 0 Å². The van der Waals surface area contributed by atoms with Crippen molar-refractivity contribution in [3.05, 3.63) is 102 Å². The van der Waals surface area contributed by atoms with Crippen LogP contribution in [0.3, 0.4) is 0 Å². The molecule has 5 nitrogen and oxygen atoms in total. The molecular weight excluding hydrogens is 402 g/mol. The number of anilines is 1. The Morgan fingerprint density at radius 3 is 2.38 bits per heavy atom. The van der Waals surface area contributed by atoms with Gasteiger partial charge in [-0.2, -0.15) is 0 Å². The van der Waals surface area contributed by atoms with Gasteiger partial charge in [0.2, 0.25) is 0 Å². The lowest BCUT2D eigenvalue weighted by Crippen LogP contribution is -2.32. The van der Waals surface area contributed by atoms with Gasteiger partial charge in [0.25, 0.3) is 5.91 Å². The zero-order valence-electron chi connectivity index (χ0n) is 18.4. The molecular formula is C27H27NO4. The first kappa shape index (κ1) is 22.8. The molecule has 3 aromatic carbocycles. The number of benzene rings is 3. The number of hydrogen-bond donors (Lipinski definition) is 0. The van der Waals surface area contributed by atoms with Gasteiger partial charge in [-0.05, 0) is 66.9 Å². The highest BCUT2D eigenvalue weighted by atomic mass is 16.5. The summed E-state index contributed by atoms with van der Waals surface area (Å²) in [5.74, 6) is 0.326. The van der Waals surface area contributed by atoms with E-state index < -0.39 is 0 Å². The second kappa shape index (κ2) is 11.5. The maximum absolute atomic E-state index is 13.4. The molecule has 1 amide bonds. The largest absolute Gasteiger partial charge is 0.497 e. The van der Waals surface area contributed by atoms with Crippen LogP contribution in [0.4, 0.5) is 5.69 Å². The number of amides is 1. The molecule has 0 aliphatic rings. The summed E-state index contributed by atoms with van der Waals surface area (Å²) in [6.45, 7) is 2.63. The van der Waals surface area contributed by atoms with Gasteiger partial charge >= 0.3 is 5.97 Å². The first-order valence-electron chi connectivity index (χ1n) is 10.6. The van der Waals surface area contributed by atoms with Crippen LogP contribution in [0.5, 0.6) is 5.75 Å². The predicted molar refractivity (Wildman–Crippen MR) is 127 cm³/mol. The van der Waals surface area contributed by atoms with Gasteiger partial charge in [0.1, 0.15) is 5.75 Å². The van der Waals surface area contributed by atoms with Crippen molar-refractivity contribution >= 4 is 23.6 Å². The minimum Gasteiger partial charge on any atom is -0.497 e. The lowest BCUT2D eigenvalue weighted by Gasteiger charge is -2.23. The average molecular weight is 430 g/mol. The molecule has 0 fully saturated rings. The summed E-state index contributed by atoms with van der Waals surface area (Å²) in [5.41, 5.74) is 3.33. The van der Waals surface area contributed by atoms with Gasteiger partial charge in [-0.1, -0.05) is 42.5 Å². The van der Waals surface area contributed by atoms with Crippen LogP contribution in [-0.2, 0) is 16.0 Å². The molecule has 0 spiro atoms. The first-order valence-corrected chi connectivity index (χ1v) is 10.6. The molecule has 32 heavy (non-hydrogen) atoms. The molecule has 0 radical (unpaired) electrons. The van der Waals surface area contributed by atoms with Crippen LogP contribution in [0, 0.1) is 0 Å². The fourth-order valence-electron chi connectivity index (χ4n) is 3.27. The lowest BCUT2D eigenvalue weighted by molar-refractivity contribution is -0.137. The number of carbonyl (C=O) groups is 2. The third-order valence-electron chi connectivity index (χ3n) is 4.93. The molecule has 5 heteroatoms. The minimum atomic E-state index is -0.388. The van der Waals surface area contributed by atoms with Gasteiger partial charge in [-0.15, -0.1) is 0 Å². The van der Waals surface area contributed by atoms with Crippen molar-refractivity contribution in [2.75, 3.05) is 25.2 Å². The van der Waals surface area contributed by atoms with Crippen molar-refractivity contribution in [1.82, 2.24) is 0 Å². The average Bonchev–Trinajstić information content (AvgIpc) is 2.84. The summed E-state index contributed by atoms with van der Waals surface area (Å²) in [7, 11) is 1.64. The number of esters is 1. The number of rotatable bonds is 9. The number of methoxy groups -OCH3 is 1. The van der Waals surface area contributed by atoms with Crippen LogP contribution in [-0.4, -0.2) is 32.1 Å². The van der Waals surface area contributed by atoms with Gasteiger partial charge < -0.3 is 14.4 Å². The second-order valence-electron chi connectivity index (χ2n) is 7.10. The van der Waals surface area contributed by atoms with Gasteiger partial charge in [0.05, 0.1) is 13.7 Å². The van der Waals surface area contributed by atoms with Gasteiger partial charge in [0, 0.05) is 23.9 Å². The van der Waals surface area contributed by atoms with E-state index in [1.165, 1.54) is 6.08 Å². The lowest BCUT2D eigenvalue weighted by atomic mass is 10.1. The van der Waals surface area contributed by atoms with Crippen molar-refractivity contribution in [2.24, 2.45) is 0 Å². The van der Waals surface area contributed by atoms with E-state index in [1.807, 2.05) is 66.7 Å². The molecule has 0 aliphatic heterocycles. The van der Waals surface area contributed by atoms with Crippen molar-refractivity contribution in [2.45, 2.75) is 13.3 Å². The molecule has 0 heterocycles. The molecule has 3 rings (SSSR count). The van der Waals surface area contributed by atoms with E-state index >= 15 is 0 Å². The SMILES string of the molecule is CCOC(=O)/C=C/c1ccc(C(=O)N(CCc2cccc(OC)c2)c2ccccc2)cc1. The number of carbonyl (C=O) groups excluding carboxylic acids is 2. The first-order chi connectivity index (χ1) is 15.6. The number of para-hydroxylation sites is 1. The highest BCUT2D eigenvalue weighted by Gasteiger charge is 2.17. The third-order valence-corrected chi connectivity index (χ3v) is 4.93. The Kier molecular flexibility index (Phi) is 8.21. The van der Waals surface area contributed by atoms with Crippen LogP contribution in [0.1, 0.15) is 28.4 Å². The quantitative estimate of drug-likeness (QED) is 0.348. The van der Waals surface area contributed by atoms with E-state index in [4.69, 9.17) is 9.47 Å². The molecule has 0 saturated carbocycles. The van der Waals surface area contributed by atoms with Gasteiger partial charge in [-0.25, -0.2) is 4.79 Å². The van der Waals surface area contributed by atoms with Crippen LogP contribution in [0.2, 0.25) is 0 Å². The standard InChI is InChI=1S/C27H27NO4/c1-3-32-26(29)17-14-21-12-15-23(16-13-21)27(30)28(24-9-5-4-6-10-24)19-18-22-8-7-11-25(20-22)31-2/h4-17,20H,3,18-19H2,1-2H3/b17-14+. The van der Waals surface area contributed by atoms with Crippen LogP contribution < -0.4 is 9.64 Å². The molecule has 0 unspecified atom stereocenters. The highest BCUT2D eigenvalue weighted by Crippen LogP contribution is 2.20. The predicted octanol–water partition coefficient (Wildman–Crippen LogP) is 5.16. The van der Waals surface area contributed by atoms with Gasteiger partial charge in [-0.3, -0.25) is 4.79 Å². The molecule has 0 bridgehead atoms. The monoisotopic (exact) mass is 429 g/mol. The third kappa shape index (κ3) is 6.32. The van der Waals surface area contributed by atoms with Crippen LogP contribution in [0.15, 0.2) is 84.9 Å². The van der Waals surface area contributed by atoms with Crippen LogP contribution >= 0.6 is 0 Å². The Morgan fingerprint density at radius 2 is 1.69 bits per heavy atom. The van der Waals surface area contributed by atoms with E-state index in [1.54, 1.807) is 37.1 Å². The number of nitrogens with zero attached hydrogens (tertiary/aromatic N) is 1.